The van der Waals surface area contributed by atoms with Crippen molar-refractivity contribution in [1.82, 2.24) is 0 Å². The predicted molar refractivity (Wildman–Crippen MR) is 50.4 cm³/mol. The maximum Gasteiger partial charge on any atom is 0.249 e. The third-order valence-corrected chi connectivity index (χ3v) is 2.21. The van der Waals surface area contributed by atoms with Gasteiger partial charge in [-0.1, -0.05) is 0 Å². The first kappa shape index (κ1) is 8.87. The summed E-state index contributed by atoms with van der Waals surface area (Å²) >= 11 is 0. The highest BCUT2D eigenvalue weighted by Crippen LogP contribution is 2.38. The summed E-state index contributed by atoms with van der Waals surface area (Å²) in [6.07, 6.45) is -0.299. The summed E-state index contributed by atoms with van der Waals surface area (Å²) < 4.78 is 10.7. The van der Waals surface area contributed by atoms with Gasteiger partial charge in [-0.3, -0.25) is 4.79 Å². The molecular formula is C10H11NO3. The molecule has 1 aliphatic heterocycles. The summed E-state index contributed by atoms with van der Waals surface area (Å²) in [7, 11) is 0. The van der Waals surface area contributed by atoms with Crippen LogP contribution in [0.25, 0.3) is 0 Å². The Labute approximate surface area is 81.6 Å². The number of hydrogen-bond acceptors (Lipinski definition) is 3. The van der Waals surface area contributed by atoms with E-state index >= 15 is 0 Å². The van der Waals surface area contributed by atoms with Crippen LogP contribution >= 0.6 is 0 Å². The molecular weight excluding hydrogens is 182 g/mol. The Kier molecular flexibility index (Phi) is 1.84. The molecule has 0 saturated carbocycles. The largest absolute Gasteiger partial charge is 0.451 e. The van der Waals surface area contributed by atoms with E-state index in [1.165, 1.54) is 0 Å². The highest BCUT2D eigenvalue weighted by Gasteiger charge is 2.24. The first-order valence-electron chi connectivity index (χ1n) is 4.36. The third kappa shape index (κ3) is 1.19. The van der Waals surface area contributed by atoms with Crippen LogP contribution in [0.1, 0.15) is 22.8 Å². The maximum atomic E-state index is 11.0. The van der Waals surface area contributed by atoms with Gasteiger partial charge in [0.15, 0.2) is 11.5 Å². The zero-order valence-electron chi connectivity index (χ0n) is 8.03. The van der Waals surface area contributed by atoms with Crippen molar-refractivity contribution in [1.29, 1.82) is 0 Å². The Bertz CT molecular complexity index is 401. The van der Waals surface area contributed by atoms with Crippen LogP contribution in [-0.2, 0) is 0 Å². The third-order valence-electron chi connectivity index (χ3n) is 2.21. The molecule has 74 valence electrons. The molecule has 0 aliphatic carbocycles. The highest BCUT2D eigenvalue weighted by atomic mass is 16.7. The molecule has 1 aromatic rings. The predicted octanol–water partition coefficient (Wildman–Crippen LogP) is 1.21. The SMILES string of the molecule is Cc1c(C(N)=O)ccc2c1OC(C)O2. The van der Waals surface area contributed by atoms with Crippen LogP contribution in [0, 0.1) is 6.92 Å². The zero-order chi connectivity index (χ0) is 10.3. The van der Waals surface area contributed by atoms with Gasteiger partial charge in [-0.25, -0.2) is 0 Å². The minimum atomic E-state index is -0.451. The number of carbonyl (C=O) groups excluding carboxylic acids is 1. The van der Waals surface area contributed by atoms with Gasteiger partial charge in [0, 0.05) is 18.1 Å². The number of ether oxygens (including phenoxy) is 2. The number of carbonyl (C=O) groups is 1. The van der Waals surface area contributed by atoms with Gasteiger partial charge in [0.05, 0.1) is 0 Å². The van der Waals surface area contributed by atoms with E-state index in [1.807, 2.05) is 0 Å². The van der Waals surface area contributed by atoms with Crippen molar-refractivity contribution in [2.24, 2.45) is 5.73 Å². The van der Waals surface area contributed by atoms with E-state index in [1.54, 1.807) is 26.0 Å². The number of primary amides is 1. The van der Waals surface area contributed by atoms with Crippen molar-refractivity contribution in [2.75, 3.05) is 0 Å². The lowest BCUT2D eigenvalue weighted by molar-refractivity contribution is 0.0674. The van der Waals surface area contributed by atoms with Crippen molar-refractivity contribution in [3.05, 3.63) is 23.3 Å². The fourth-order valence-electron chi connectivity index (χ4n) is 1.54. The van der Waals surface area contributed by atoms with Crippen molar-refractivity contribution < 1.29 is 14.3 Å². The summed E-state index contributed by atoms with van der Waals surface area (Å²) in [4.78, 5) is 11.0. The molecule has 0 radical (unpaired) electrons. The summed E-state index contributed by atoms with van der Waals surface area (Å²) in [6, 6.07) is 3.35. The Morgan fingerprint density at radius 3 is 2.79 bits per heavy atom. The van der Waals surface area contributed by atoms with Crippen LogP contribution in [0.15, 0.2) is 12.1 Å². The molecule has 1 aromatic carbocycles. The molecule has 2 rings (SSSR count). The van der Waals surface area contributed by atoms with Crippen molar-refractivity contribution in [3.63, 3.8) is 0 Å². The molecule has 0 aromatic heterocycles. The lowest BCUT2D eigenvalue weighted by atomic mass is 10.1. The fourth-order valence-corrected chi connectivity index (χ4v) is 1.54. The second-order valence-corrected chi connectivity index (χ2v) is 3.23. The minimum Gasteiger partial charge on any atom is -0.451 e. The van der Waals surface area contributed by atoms with Crippen molar-refractivity contribution in [2.45, 2.75) is 20.1 Å². The number of fused-ring (bicyclic) bond motifs is 1. The van der Waals surface area contributed by atoms with Crippen molar-refractivity contribution in [3.8, 4) is 11.5 Å². The summed E-state index contributed by atoms with van der Waals surface area (Å²) in [5.41, 5.74) is 6.42. The van der Waals surface area contributed by atoms with Crippen LogP contribution in [0.4, 0.5) is 0 Å². The normalized spacial score (nSPS) is 18.3. The van der Waals surface area contributed by atoms with Gasteiger partial charge in [0.1, 0.15) is 0 Å². The summed E-state index contributed by atoms with van der Waals surface area (Å²) in [5, 5.41) is 0. The van der Waals surface area contributed by atoms with Gasteiger partial charge in [-0.15, -0.1) is 0 Å². The topological polar surface area (TPSA) is 61.6 Å². The quantitative estimate of drug-likeness (QED) is 0.729. The second kappa shape index (κ2) is 2.90. The lowest BCUT2D eigenvalue weighted by Gasteiger charge is -2.04. The van der Waals surface area contributed by atoms with Crippen LogP contribution in [0.5, 0.6) is 11.5 Å². The van der Waals surface area contributed by atoms with E-state index < -0.39 is 5.91 Å². The molecule has 0 spiro atoms. The molecule has 4 nitrogen and oxygen atoms in total. The zero-order valence-corrected chi connectivity index (χ0v) is 8.03. The molecule has 0 fully saturated rings. The highest BCUT2D eigenvalue weighted by molar-refractivity contribution is 5.95. The number of hydrogen-bond donors (Lipinski definition) is 1. The Hall–Kier alpha value is -1.71. The number of benzene rings is 1. The lowest BCUT2D eigenvalue weighted by Crippen LogP contribution is -2.13. The molecule has 1 unspecified atom stereocenters. The molecule has 0 saturated heterocycles. The summed E-state index contributed by atoms with van der Waals surface area (Å²) in [5.74, 6) is 0.835. The van der Waals surface area contributed by atoms with Crippen LogP contribution < -0.4 is 15.2 Å². The van der Waals surface area contributed by atoms with E-state index in [-0.39, 0.29) is 6.29 Å². The second-order valence-electron chi connectivity index (χ2n) is 3.23. The van der Waals surface area contributed by atoms with E-state index in [2.05, 4.69) is 0 Å². The molecule has 14 heavy (non-hydrogen) atoms. The molecule has 1 amide bonds. The van der Waals surface area contributed by atoms with E-state index in [0.717, 1.165) is 5.56 Å². The van der Waals surface area contributed by atoms with E-state index in [9.17, 15) is 4.79 Å². The van der Waals surface area contributed by atoms with Gasteiger partial charge >= 0.3 is 0 Å². The van der Waals surface area contributed by atoms with Crippen LogP contribution in [0.2, 0.25) is 0 Å². The monoisotopic (exact) mass is 193 g/mol. The maximum absolute atomic E-state index is 11.0. The standard InChI is InChI=1S/C10H11NO3/c1-5-7(10(11)12)3-4-8-9(5)14-6(2)13-8/h3-4,6H,1-2H3,(H2,11,12). The number of rotatable bonds is 1. The average molecular weight is 193 g/mol. The molecule has 0 bridgehead atoms. The summed E-state index contributed by atoms with van der Waals surface area (Å²) in [6.45, 7) is 3.59. The van der Waals surface area contributed by atoms with Gasteiger partial charge < -0.3 is 15.2 Å². The van der Waals surface area contributed by atoms with E-state index in [4.69, 9.17) is 15.2 Å². The molecule has 4 heteroatoms. The van der Waals surface area contributed by atoms with Crippen LogP contribution in [-0.4, -0.2) is 12.2 Å². The Morgan fingerprint density at radius 1 is 1.43 bits per heavy atom. The minimum absolute atomic E-state index is 0.299. The Morgan fingerprint density at radius 2 is 2.14 bits per heavy atom. The number of amides is 1. The molecule has 2 N–H and O–H groups in total. The smallest absolute Gasteiger partial charge is 0.249 e. The van der Waals surface area contributed by atoms with Crippen LogP contribution in [0.3, 0.4) is 0 Å². The van der Waals surface area contributed by atoms with Gasteiger partial charge in [-0.05, 0) is 19.1 Å². The van der Waals surface area contributed by atoms with Gasteiger partial charge in [0.2, 0.25) is 12.2 Å². The average Bonchev–Trinajstić information content (AvgIpc) is 2.46. The number of nitrogens with two attached hydrogens (primary N) is 1. The molecule has 1 atom stereocenters. The molecule has 1 aliphatic rings. The fraction of sp³-hybridized carbons (Fsp3) is 0.300. The van der Waals surface area contributed by atoms with Crippen molar-refractivity contribution >= 4 is 5.91 Å². The molecule has 1 heterocycles. The van der Waals surface area contributed by atoms with Gasteiger partial charge in [-0.2, -0.15) is 0 Å². The first-order chi connectivity index (χ1) is 6.59. The van der Waals surface area contributed by atoms with E-state index in [0.29, 0.717) is 17.1 Å². The first-order valence-corrected chi connectivity index (χ1v) is 4.36. The van der Waals surface area contributed by atoms with Gasteiger partial charge in [0.25, 0.3) is 0 Å². The Balaban J connectivity index is 2.53.